The fraction of sp³-hybridized carbons (Fsp3) is 0.750. The van der Waals surface area contributed by atoms with Gasteiger partial charge in [0.05, 0.1) is 12.2 Å². The van der Waals surface area contributed by atoms with Gasteiger partial charge in [-0.2, -0.15) is 0 Å². The Morgan fingerprint density at radius 3 is 3.00 bits per heavy atom. The van der Waals surface area contributed by atoms with Gasteiger partial charge in [-0.15, -0.1) is 0 Å². The van der Waals surface area contributed by atoms with Gasteiger partial charge in [-0.1, -0.05) is 19.0 Å². The smallest absolute Gasteiger partial charge is 0.151 e. The van der Waals surface area contributed by atoms with Crippen molar-refractivity contribution in [3.63, 3.8) is 0 Å². The first-order valence-electron chi connectivity index (χ1n) is 5.90. The lowest BCUT2D eigenvalue weighted by Crippen LogP contribution is -2.22. The fourth-order valence-electron chi connectivity index (χ4n) is 2.27. The van der Waals surface area contributed by atoms with Crippen molar-refractivity contribution in [2.75, 3.05) is 20.1 Å². The summed E-state index contributed by atoms with van der Waals surface area (Å²) in [5.41, 5.74) is 1.43. The van der Waals surface area contributed by atoms with Crippen molar-refractivity contribution in [1.82, 2.24) is 15.4 Å². The third-order valence-corrected chi connectivity index (χ3v) is 3.10. The molecule has 1 aromatic heterocycles. The molecular weight excluding hydrogens is 202 g/mol. The number of rotatable bonds is 4. The second-order valence-electron chi connectivity index (χ2n) is 5.44. The Morgan fingerprint density at radius 1 is 1.56 bits per heavy atom. The van der Waals surface area contributed by atoms with Crippen LogP contribution in [0.4, 0.5) is 0 Å². The van der Waals surface area contributed by atoms with E-state index in [1.807, 2.05) is 13.1 Å². The maximum atomic E-state index is 5.32. The first-order valence-corrected chi connectivity index (χ1v) is 5.90. The average molecular weight is 223 g/mol. The van der Waals surface area contributed by atoms with E-state index in [0.29, 0.717) is 5.41 Å². The van der Waals surface area contributed by atoms with E-state index in [0.717, 1.165) is 37.6 Å². The van der Waals surface area contributed by atoms with E-state index in [9.17, 15) is 0 Å². The first kappa shape index (κ1) is 11.6. The summed E-state index contributed by atoms with van der Waals surface area (Å²) in [6.45, 7) is 8.61. The minimum atomic E-state index is 0.452. The lowest BCUT2D eigenvalue weighted by molar-refractivity contribution is 0.248. The van der Waals surface area contributed by atoms with Crippen LogP contribution in [-0.2, 0) is 13.1 Å². The van der Waals surface area contributed by atoms with Crippen LogP contribution in [0.2, 0.25) is 0 Å². The van der Waals surface area contributed by atoms with Crippen LogP contribution in [0, 0.1) is 5.41 Å². The molecule has 16 heavy (non-hydrogen) atoms. The molecule has 1 N–H and O–H groups in total. The molecule has 0 spiro atoms. The molecule has 0 saturated carbocycles. The van der Waals surface area contributed by atoms with Gasteiger partial charge in [0.25, 0.3) is 0 Å². The van der Waals surface area contributed by atoms with E-state index in [2.05, 4.69) is 29.2 Å². The van der Waals surface area contributed by atoms with Gasteiger partial charge in [0.15, 0.2) is 5.76 Å². The van der Waals surface area contributed by atoms with Crippen LogP contribution in [0.15, 0.2) is 10.6 Å². The van der Waals surface area contributed by atoms with E-state index >= 15 is 0 Å². The van der Waals surface area contributed by atoms with Gasteiger partial charge in [-0.3, -0.25) is 4.90 Å². The molecule has 1 aromatic rings. The summed E-state index contributed by atoms with van der Waals surface area (Å²) in [5.74, 6) is 0.975. The molecule has 1 saturated heterocycles. The minimum Gasteiger partial charge on any atom is -0.360 e. The lowest BCUT2D eigenvalue weighted by atomic mass is 9.93. The summed E-state index contributed by atoms with van der Waals surface area (Å²) in [5, 5.41) is 7.09. The topological polar surface area (TPSA) is 41.3 Å². The van der Waals surface area contributed by atoms with Crippen LogP contribution in [0.25, 0.3) is 0 Å². The zero-order chi connectivity index (χ0) is 11.6. The molecule has 0 aliphatic carbocycles. The van der Waals surface area contributed by atoms with Gasteiger partial charge < -0.3 is 9.84 Å². The molecule has 0 unspecified atom stereocenters. The van der Waals surface area contributed by atoms with Crippen molar-refractivity contribution >= 4 is 0 Å². The number of aromatic nitrogens is 1. The predicted molar refractivity (Wildman–Crippen MR) is 62.9 cm³/mol. The lowest BCUT2D eigenvalue weighted by Gasteiger charge is -2.18. The Hall–Kier alpha value is -0.870. The van der Waals surface area contributed by atoms with Gasteiger partial charge in [0.2, 0.25) is 0 Å². The normalized spacial score (nSPS) is 20.4. The fourth-order valence-corrected chi connectivity index (χ4v) is 2.27. The highest BCUT2D eigenvalue weighted by molar-refractivity contribution is 5.05. The van der Waals surface area contributed by atoms with Crippen molar-refractivity contribution < 1.29 is 4.52 Å². The Kier molecular flexibility index (Phi) is 3.30. The number of hydrogen-bond donors (Lipinski definition) is 1. The predicted octanol–water partition coefficient (Wildman–Crippen LogP) is 1.63. The van der Waals surface area contributed by atoms with Crippen LogP contribution in [0.5, 0.6) is 0 Å². The molecule has 0 aromatic carbocycles. The molecule has 1 fully saturated rings. The van der Waals surface area contributed by atoms with Crippen LogP contribution in [0.1, 0.15) is 31.7 Å². The largest absolute Gasteiger partial charge is 0.360 e. The Morgan fingerprint density at radius 2 is 2.38 bits per heavy atom. The van der Waals surface area contributed by atoms with Gasteiger partial charge in [0.1, 0.15) is 0 Å². The Balaban J connectivity index is 1.89. The monoisotopic (exact) mass is 223 g/mol. The standard InChI is InChI=1S/C12H21N3O/c1-12(2)4-5-15(9-12)8-11-6-10(7-13-3)14-16-11/h6,13H,4-5,7-9H2,1-3H3. The van der Waals surface area contributed by atoms with E-state index in [4.69, 9.17) is 4.52 Å². The third kappa shape index (κ3) is 2.83. The molecule has 1 aliphatic rings. The highest BCUT2D eigenvalue weighted by Gasteiger charge is 2.29. The van der Waals surface area contributed by atoms with E-state index < -0.39 is 0 Å². The summed E-state index contributed by atoms with van der Waals surface area (Å²) in [6, 6.07) is 2.04. The van der Waals surface area contributed by atoms with Crippen LogP contribution < -0.4 is 5.32 Å². The molecule has 0 bridgehead atoms. The summed E-state index contributed by atoms with van der Waals surface area (Å²) in [7, 11) is 1.91. The summed E-state index contributed by atoms with van der Waals surface area (Å²) in [4.78, 5) is 2.43. The second-order valence-corrected chi connectivity index (χ2v) is 5.44. The van der Waals surface area contributed by atoms with Crippen molar-refractivity contribution in [2.45, 2.75) is 33.4 Å². The molecule has 0 radical (unpaired) electrons. The molecule has 90 valence electrons. The molecule has 2 rings (SSSR count). The van der Waals surface area contributed by atoms with Crippen molar-refractivity contribution in [1.29, 1.82) is 0 Å². The second kappa shape index (κ2) is 4.55. The summed E-state index contributed by atoms with van der Waals surface area (Å²) in [6.07, 6.45) is 1.27. The van der Waals surface area contributed by atoms with Gasteiger partial charge >= 0.3 is 0 Å². The maximum absolute atomic E-state index is 5.32. The molecule has 2 heterocycles. The SMILES string of the molecule is CNCc1cc(CN2CCC(C)(C)C2)on1. The van der Waals surface area contributed by atoms with E-state index in [-0.39, 0.29) is 0 Å². The number of nitrogens with zero attached hydrogens (tertiary/aromatic N) is 2. The zero-order valence-electron chi connectivity index (χ0n) is 10.4. The van der Waals surface area contributed by atoms with Gasteiger partial charge in [0, 0.05) is 19.2 Å². The number of nitrogens with one attached hydrogen (secondary N) is 1. The zero-order valence-corrected chi connectivity index (χ0v) is 10.4. The van der Waals surface area contributed by atoms with Crippen molar-refractivity contribution in [3.05, 3.63) is 17.5 Å². The Labute approximate surface area is 97.0 Å². The quantitative estimate of drug-likeness (QED) is 0.842. The molecule has 4 nitrogen and oxygen atoms in total. The van der Waals surface area contributed by atoms with Crippen molar-refractivity contribution in [3.8, 4) is 0 Å². The summed E-state index contributed by atoms with van der Waals surface area (Å²) < 4.78 is 5.32. The van der Waals surface area contributed by atoms with Gasteiger partial charge in [-0.05, 0) is 25.4 Å². The highest BCUT2D eigenvalue weighted by Crippen LogP contribution is 2.29. The number of hydrogen-bond acceptors (Lipinski definition) is 4. The van der Waals surface area contributed by atoms with Crippen LogP contribution in [0.3, 0.4) is 0 Å². The van der Waals surface area contributed by atoms with Crippen LogP contribution >= 0.6 is 0 Å². The van der Waals surface area contributed by atoms with E-state index in [1.165, 1.54) is 6.42 Å². The van der Waals surface area contributed by atoms with Gasteiger partial charge in [-0.25, -0.2) is 0 Å². The first-order chi connectivity index (χ1) is 7.59. The average Bonchev–Trinajstić information content (AvgIpc) is 2.75. The van der Waals surface area contributed by atoms with E-state index in [1.54, 1.807) is 0 Å². The molecule has 0 amide bonds. The molecule has 0 atom stereocenters. The summed E-state index contributed by atoms with van der Waals surface area (Å²) >= 11 is 0. The molecule has 4 heteroatoms. The minimum absolute atomic E-state index is 0.452. The Bertz CT molecular complexity index is 346. The highest BCUT2D eigenvalue weighted by atomic mass is 16.5. The third-order valence-electron chi connectivity index (χ3n) is 3.10. The maximum Gasteiger partial charge on any atom is 0.151 e. The number of likely N-dealkylation sites (tertiary alicyclic amines) is 1. The molecule has 1 aliphatic heterocycles. The van der Waals surface area contributed by atoms with Crippen LogP contribution in [-0.4, -0.2) is 30.2 Å². The molecular formula is C12H21N3O. The van der Waals surface area contributed by atoms with Crippen molar-refractivity contribution in [2.24, 2.45) is 5.41 Å².